The SMILES string of the molecule is CCCCNC(=O)CN1CCN(C(=O)c2ccc(OCC)cc2)CC1. The van der Waals surface area contributed by atoms with Crippen molar-refractivity contribution in [2.45, 2.75) is 26.7 Å². The third-order valence-electron chi connectivity index (χ3n) is 4.29. The van der Waals surface area contributed by atoms with Crippen LogP contribution in [0.2, 0.25) is 0 Å². The smallest absolute Gasteiger partial charge is 0.253 e. The zero-order valence-corrected chi connectivity index (χ0v) is 15.3. The van der Waals surface area contributed by atoms with Gasteiger partial charge in [-0.15, -0.1) is 0 Å². The van der Waals surface area contributed by atoms with Crippen molar-refractivity contribution in [3.8, 4) is 5.75 Å². The summed E-state index contributed by atoms with van der Waals surface area (Å²) in [5.41, 5.74) is 0.675. The summed E-state index contributed by atoms with van der Waals surface area (Å²) in [7, 11) is 0. The first-order chi connectivity index (χ1) is 12.1. The van der Waals surface area contributed by atoms with Crippen molar-refractivity contribution in [3.63, 3.8) is 0 Å². The Labute approximate surface area is 150 Å². The Hall–Kier alpha value is -2.08. The number of amides is 2. The van der Waals surface area contributed by atoms with Gasteiger partial charge in [-0.25, -0.2) is 0 Å². The molecule has 0 spiro atoms. The Kier molecular flexibility index (Phi) is 7.73. The molecule has 6 nitrogen and oxygen atoms in total. The highest BCUT2D eigenvalue weighted by molar-refractivity contribution is 5.94. The first-order valence-corrected chi connectivity index (χ1v) is 9.15. The van der Waals surface area contributed by atoms with Crippen LogP contribution >= 0.6 is 0 Å². The van der Waals surface area contributed by atoms with Gasteiger partial charge in [-0.3, -0.25) is 14.5 Å². The van der Waals surface area contributed by atoms with Crippen molar-refractivity contribution in [2.24, 2.45) is 0 Å². The quantitative estimate of drug-likeness (QED) is 0.728. The molecule has 1 aromatic rings. The van der Waals surface area contributed by atoms with Gasteiger partial charge in [-0.1, -0.05) is 13.3 Å². The van der Waals surface area contributed by atoms with E-state index in [1.54, 1.807) is 12.1 Å². The van der Waals surface area contributed by atoms with E-state index in [9.17, 15) is 9.59 Å². The van der Waals surface area contributed by atoms with Crippen molar-refractivity contribution in [1.29, 1.82) is 0 Å². The molecule has 1 aromatic carbocycles. The number of unbranched alkanes of at least 4 members (excludes halogenated alkanes) is 1. The topological polar surface area (TPSA) is 61.9 Å². The molecular formula is C19H29N3O3. The van der Waals surface area contributed by atoms with Crippen LogP contribution in [0.15, 0.2) is 24.3 Å². The first kappa shape index (κ1) is 19.2. The van der Waals surface area contributed by atoms with Crippen molar-refractivity contribution in [3.05, 3.63) is 29.8 Å². The summed E-state index contributed by atoms with van der Waals surface area (Å²) in [5, 5.41) is 2.93. The predicted octanol–water partition coefficient (Wildman–Crippen LogP) is 1.76. The molecule has 6 heteroatoms. The van der Waals surface area contributed by atoms with Gasteiger partial charge < -0.3 is 15.0 Å². The summed E-state index contributed by atoms with van der Waals surface area (Å²) in [6.45, 7) is 8.55. The normalized spacial score (nSPS) is 15.0. The minimum Gasteiger partial charge on any atom is -0.494 e. The van der Waals surface area contributed by atoms with E-state index in [2.05, 4.69) is 17.1 Å². The number of rotatable bonds is 8. The minimum absolute atomic E-state index is 0.0371. The lowest BCUT2D eigenvalue weighted by molar-refractivity contribution is -0.122. The van der Waals surface area contributed by atoms with Gasteiger partial charge in [0.15, 0.2) is 0 Å². The minimum atomic E-state index is 0.0371. The summed E-state index contributed by atoms with van der Waals surface area (Å²) in [5.74, 6) is 0.882. The van der Waals surface area contributed by atoms with E-state index in [1.807, 2.05) is 24.0 Å². The number of piperazine rings is 1. The molecule has 0 aromatic heterocycles. The van der Waals surface area contributed by atoms with Gasteiger partial charge >= 0.3 is 0 Å². The van der Waals surface area contributed by atoms with Crippen molar-refractivity contribution >= 4 is 11.8 Å². The van der Waals surface area contributed by atoms with E-state index >= 15 is 0 Å². The second kappa shape index (κ2) is 10.0. The van der Waals surface area contributed by atoms with Crippen LogP contribution in [0.4, 0.5) is 0 Å². The van der Waals surface area contributed by atoms with E-state index in [0.29, 0.717) is 31.8 Å². The number of benzene rings is 1. The lowest BCUT2D eigenvalue weighted by Crippen LogP contribution is -2.51. The molecule has 1 N–H and O–H groups in total. The zero-order valence-electron chi connectivity index (χ0n) is 15.3. The average Bonchev–Trinajstić information content (AvgIpc) is 2.63. The Morgan fingerprint density at radius 1 is 1.08 bits per heavy atom. The van der Waals surface area contributed by atoms with Gasteiger partial charge in [0.1, 0.15) is 5.75 Å². The summed E-state index contributed by atoms with van der Waals surface area (Å²) in [4.78, 5) is 28.4. The van der Waals surface area contributed by atoms with Crippen LogP contribution in [-0.2, 0) is 4.79 Å². The standard InChI is InChI=1S/C19H29N3O3/c1-3-5-10-20-18(23)15-21-11-13-22(14-12-21)19(24)16-6-8-17(9-7-16)25-4-2/h6-9H,3-5,10-15H2,1-2H3,(H,20,23). The average molecular weight is 347 g/mol. The highest BCUT2D eigenvalue weighted by atomic mass is 16.5. The van der Waals surface area contributed by atoms with Crippen molar-refractivity contribution in [2.75, 3.05) is 45.9 Å². The third kappa shape index (κ3) is 6.05. The number of nitrogens with one attached hydrogen (secondary N) is 1. The number of carbonyl (C=O) groups is 2. The first-order valence-electron chi connectivity index (χ1n) is 9.15. The number of nitrogens with zero attached hydrogens (tertiary/aromatic N) is 2. The molecular weight excluding hydrogens is 318 g/mol. The third-order valence-corrected chi connectivity index (χ3v) is 4.29. The zero-order chi connectivity index (χ0) is 18.1. The molecule has 0 bridgehead atoms. The fourth-order valence-corrected chi connectivity index (χ4v) is 2.82. The Morgan fingerprint density at radius 3 is 2.36 bits per heavy atom. The lowest BCUT2D eigenvalue weighted by Gasteiger charge is -2.34. The fraction of sp³-hybridized carbons (Fsp3) is 0.579. The summed E-state index contributed by atoms with van der Waals surface area (Å²) in [6, 6.07) is 7.27. The second-order valence-corrected chi connectivity index (χ2v) is 6.23. The molecule has 0 unspecified atom stereocenters. The van der Waals surface area contributed by atoms with Crippen molar-refractivity contribution < 1.29 is 14.3 Å². The molecule has 1 fully saturated rings. The number of hydrogen-bond donors (Lipinski definition) is 1. The summed E-state index contributed by atoms with van der Waals surface area (Å²) in [6.07, 6.45) is 2.09. The van der Waals surface area contributed by atoms with Crippen molar-refractivity contribution in [1.82, 2.24) is 15.1 Å². The molecule has 0 radical (unpaired) electrons. The Bertz CT molecular complexity index is 552. The second-order valence-electron chi connectivity index (χ2n) is 6.23. The maximum atomic E-state index is 12.6. The van der Waals surface area contributed by atoms with E-state index in [-0.39, 0.29) is 11.8 Å². The van der Waals surface area contributed by atoms with Gasteiger partial charge in [-0.05, 0) is 37.6 Å². The highest BCUT2D eigenvalue weighted by Gasteiger charge is 2.23. The highest BCUT2D eigenvalue weighted by Crippen LogP contribution is 2.14. The van der Waals surface area contributed by atoms with Gasteiger partial charge in [0, 0.05) is 38.3 Å². The molecule has 0 saturated carbocycles. The maximum Gasteiger partial charge on any atom is 0.253 e. The predicted molar refractivity (Wildman–Crippen MR) is 97.9 cm³/mol. The molecule has 138 valence electrons. The van der Waals surface area contributed by atoms with E-state index < -0.39 is 0 Å². The van der Waals surface area contributed by atoms with Crippen LogP contribution in [0, 0.1) is 0 Å². The monoisotopic (exact) mass is 347 g/mol. The molecule has 2 rings (SSSR count). The van der Waals surface area contributed by atoms with E-state index in [0.717, 1.165) is 38.2 Å². The van der Waals surface area contributed by atoms with Crippen LogP contribution in [0.3, 0.4) is 0 Å². The molecule has 1 heterocycles. The van der Waals surface area contributed by atoms with Gasteiger partial charge in [0.05, 0.1) is 13.2 Å². The summed E-state index contributed by atoms with van der Waals surface area (Å²) < 4.78 is 5.40. The van der Waals surface area contributed by atoms with Crippen LogP contribution in [-0.4, -0.2) is 67.5 Å². The van der Waals surface area contributed by atoms with Crippen LogP contribution in [0.5, 0.6) is 5.75 Å². The molecule has 2 amide bonds. The fourth-order valence-electron chi connectivity index (χ4n) is 2.82. The maximum absolute atomic E-state index is 12.6. The van der Waals surface area contributed by atoms with Gasteiger partial charge in [-0.2, -0.15) is 0 Å². The molecule has 0 aliphatic carbocycles. The summed E-state index contributed by atoms with van der Waals surface area (Å²) >= 11 is 0. The molecule has 1 aliphatic rings. The Balaban J connectivity index is 1.77. The van der Waals surface area contributed by atoms with Gasteiger partial charge in [0.2, 0.25) is 5.91 Å². The number of hydrogen-bond acceptors (Lipinski definition) is 4. The van der Waals surface area contributed by atoms with Crippen LogP contribution < -0.4 is 10.1 Å². The molecule has 25 heavy (non-hydrogen) atoms. The lowest BCUT2D eigenvalue weighted by atomic mass is 10.1. The van der Waals surface area contributed by atoms with Crippen LogP contribution in [0.25, 0.3) is 0 Å². The number of ether oxygens (including phenoxy) is 1. The van der Waals surface area contributed by atoms with E-state index in [1.165, 1.54) is 0 Å². The van der Waals surface area contributed by atoms with Crippen LogP contribution in [0.1, 0.15) is 37.0 Å². The van der Waals surface area contributed by atoms with Gasteiger partial charge in [0.25, 0.3) is 5.91 Å². The largest absolute Gasteiger partial charge is 0.494 e. The molecule has 1 aliphatic heterocycles. The Morgan fingerprint density at radius 2 is 1.76 bits per heavy atom. The number of carbonyl (C=O) groups excluding carboxylic acids is 2. The van der Waals surface area contributed by atoms with E-state index in [4.69, 9.17) is 4.74 Å². The molecule has 1 saturated heterocycles. The molecule has 0 atom stereocenters.